The third-order valence-corrected chi connectivity index (χ3v) is 6.22. The lowest BCUT2D eigenvalue weighted by Gasteiger charge is -2.33. The highest BCUT2D eigenvalue weighted by molar-refractivity contribution is 6.05. The van der Waals surface area contributed by atoms with Crippen molar-refractivity contribution in [2.24, 2.45) is 11.8 Å². The standard InChI is InChI=1S/C21H26FN3O4/c22-17-8-3-10-23-19(17)29-14-5-4-11-24(13-14)18(26)9-12-25-20(27)15-6-1-2-7-16(15)21(25)28/h3,8,10,14-16H,1-2,4-7,9,11-13H2/t14-,15-,16+/m0/s1. The van der Waals surface area contributed by atoms with E-state index in [-0.39, 0.29) is 54.5 Å². The number of likely N-dealkylation sites (tertiary alicyclic amines) is 2. The summed E-state index contributed by atoms with van der Waals surface area (Å²) in [6.45, 7) is 1.08. The zero-order valence-corrected chi connectivity index (χ0v) is 16.4. The SMILES string of the molecule is O=C(CCN1C(=O)[C@H]2CCCC[C@H]2C1=O)N1CCC[C@H](Oc2ncccc2F)C1. The van der Waals surface area contributed by atoms with E-state index in [0.717, 1.165) is 32.1 Å². The Morgan fingerprint density at radius 1 is 1.14 bits per heavy atom. The summed E-state index contributed by atoms with van der Waals surface area (Å²) in [4.78, 5) is 44.6. The van der Waals surface area contributed by atoms with E-state index >= 15 is 0 Å². The topological polar surface area (TPSA) is 79.8 Å². The predicted molar refractivity (Wildman–Crippen MR) is 101 cm³/mol. The third-order valence-electron chi connectivity index (χ3n) is 6.22. The molecule has 3 aliphatic rings. The Hall–Kier alpha value is -2.51. The number of piperidine rings is 1. The molecule has 3 heterocycles. The molecule has 0 spiro atoms. The lowest BCUT2D eigenvalue weighted by atomic mass is 9.81. The van der Waals surface area contributed by atoms with Crippen LogP contribution in [0.3, 0.4) is 0 Å². The molecule has 7 nitrogen and oxygen atoms in total. The van der Waals surface area contributed by atoms with Gasteiger partial charge in [-0.25, -0.2) is 9.37 Å². The molecular formula is C21H26FN3O4. The maximum Gasteiger partial charge on any atom is 0.250 e. The molecule has 2 aliphatic heterocycles. The number of ether oxygens (including phenoxy) is 1. The second kappa shape index (κ2) is 8.47. The van der Waals surface area contributed by atoms with Gasteiger partial charge in [-0.15, -0.1) is 0 Å². The lowest BCUT2D eigenvalue weighted by Crippen LogP contribution is -2.45. The monoisotopic (exact) mass is 403 g/mol. The van der Waals surface area contributed by atoms with Crippen LogP contribution in [0.2, 0.25) is 0 Å². The third kappa shape index (κ3) is 4.11. The van der Waals surface area contributed by atoms with Crippen LogP contribution < -0.4 is 4.74 Å². The summed E-state index contributed by atoms with van der Waals surface area (Å²) < 4.78 is 19.4. The maximum absolute atomic E-state index is 13.8. The van der Waals surface area contributed by atoms with Crippen LogP contribution in [0.1, 0.15) is 44.9 Å². The van der Waals surface area contributed by atoms with E-state index in [9.17, 15) is 18.8 Å². The van der Waals surface area contributed by atoms with Crippen molar-refractivity contribution in [3.63, 3.8) is 0 Å². The highest BCUT2D eigenvalue weighted by Gasteiger charge is 2.47. The second-order valence-corrected chi connectivity index (χ2v) is 8.09. The van der Waals surface area contributed by atoms with Crippen molar-refractivity contribution in [1.29, 1.82) is 0 Å². The van der Waals surface area contributed by atoms with Crippen LogP contribution >= 0.6 is 0 Å². The number of hydrogen-bond acceptors (Lipinski definition) is 5. The van der Waals surface area contributed by atoms with Gasteiger partial charge in [-0.2, -0.15) is 0 Å². The molecule has 4 rings (SSSR count). The fraction of sp³-hybridized carbons (Fsp3) is 0.619. The number of aromatic nitrogens is 1. The van der Waals surface area contributed by atoms with Gasteiger partial charge in [0.25, 0.3) is 5.88 Å². The highest BCUT2D eigenvalue weighted by atomic mass is 19.1. The van der Waals surface area contributed by atoms with Gasteiger partial charge >= 0.3 is 0 Å². The molecule has 1 saturated carbocycles. The molecule has 1 aromatic rings. The Balaban J connectivity index is 1.31. The number of fused-ring (bicyclic) bond motifs is 1. The number of rotatable bonds is 5. The molecule has 2 saturated heterocycles. The first-order valence-corrected chi connectivity index (χ1v) is 10.4. The molecule has 29 heavy (non-hydrogen) atoms. The first-order chi connectivity index (χ1) is 14.0. The number of carbonyl (C=O) groups excluding carboxylic acids is 3. The molecule has 0 aromatic carbocycles. The maximum atomic E-state index is 13.8. The van der Waals surface area contributed by atoms with E-state index in [1.807, 2.05) is 0 Å². The Bertz CT molecular complexity index is 778. The molecule has 3 amide bonds. The van der Waals surface area contributed by atoms with Crippen molar-refractivity contribution in [2.45, 2.75) is 51.0 Å². The molecule has 1 aliphatic carbocycles. The van der Waals surface area contributed by atoms with Crippen LogP contribution in [0.25, 0.3) is 0 Å². The van der Waals surface area contributed by atoms with Crippen LogP contribution in [0.15, 0.2) is 18.3 Å². The largest absolute Gasteiger partial charge is 0.470 e. The minimum atomic E-state index is -0.525. The average molecular weight is 403 g/mol. The summed E-state index contributed by atoms with van der Waals surface area (Å²) >= 11 is 0. The van der Waals surface area contributed by atoms with Crippen LogP contribution in [-0.4, -0.2) is 58.2 Å². The van der Waals surface area contributed by atoms with Crippen molar-refractivity contribution in [3.05, 3.63) is 24.1 Å². The summed E-state index contributed by atoms with van der Waals surface area (Å²) in [6.07, 6.45) is 6.23. The fourth-order valence-electron chi connectivity index (χ4n) is 4.69. The number of pyridine rings is 1. The average Bonchev–Trinajstić information content (AvgIpc) is 2.98. The summed E-state index contributed by atoms with van der Waals surface area (Å²) in [6, 6.07) is 2.78. The summed E-state index contributed by atoms with van der Waals surface area (Å²) in [7, 11) is 0. The summed E-state index contributed by atoms with van der Waals surface area (Å²) in [5.74, 6) is -1.29. The van der Waals surface area contributed by atoms with Crippen molar-refractivity contribution < 1.29 is 23.5 Å². The van der Waals surface area contributed by atoms with Crippen molar-refractivity contribution in [3.8, 4) is 5.88 Å². The normalized spacial score (nSPS) is 27.1. The lowest BCUT2D eigenvalue weighted by molar-refractivity contribution is -0.141. The Kier molecular flexibility index (Phi) is 5.78. The molecule has 8 heteroatoms. The van der Waals surface area contributed by atoms with Crippen molar-refractivity contribution in [1.82, 2.24) is 14.8 Å². The number of nitrogens with zero attached hydrogens (tertiary/aromatic N) is 3. The quantitative estimate of drug-likeness (QED) is 0.704. The molecule has 0 unspecified atom stereocenters. The van der Waals surface area contributed by atoms with Gasteiger partial charge in [0.15, 0.2) is 5.82 Å². The minimum absolute atomic E-state index is 0.0531. The van der Waals surface area contributed by atoms with E-state index in [1.54, 1.807) is 4.90 Å². The Morgan fingerprint density at radius 3 is 2.55 bits per heavy atom. The van der Waals surface area contributed by atoms with Crippen LogP contribution in [0.4, 0.5) is 4.39 Å². The fourth-order valence-corrected chi connectivity index (χ4v) is 4.69. The van der Waals surface area contributed by atoms with E-state index in [0.29, 0.717) is 19.5 Å². The summed E-state index contributed by atoms with van der Waals surface area (Å²) in [5, 5.41) is 0. The van der Waals surface area contributed by atoms with Crippen LogP contribution in [-0.2, 0) is 14.4 Å². The first-order valence-electron chi connectivity index (χ1n) is 10.4. The van der Waals surface area contributed by atoms with Gasteiger partial charge in [-0.3, -0.25) is 19.3 Å². The van der Waals surface area contributed by atoms with Gasteiger partial charge in [0.1, 0.15) is 6.10 Å². The summed E-state index contributed by atoms with van der Waals surface area (Å²) in [5.41, 5.74) is 0. The smallest absolute Gasteiger partial charge is 0.250 e. The zero-order chi connectivity index (χ0) is 20.4. The van der Waals surface area contributed by atoms with Gasteiger partial charge in [-0.1, -0.05) is 12.8 Å². The van der Waals surface area contributed by atoms with Gasteiger partial charge in [0.2, 0.25) is 17.7 Å². The van der Waals surface area contributed by atoms with Gasteiger partial charge in [0, 0.05) is 25.7 Å². The van der Waals surface area contributed by atoms with E-state index in [4.69, 9.17) is 4.74 Å². The Morgan fingerprint density at radius 2 is 1.86 bits per heavy atom. The molecule has 156 valence electrons. The van der Waals surface area contributed by atoms with Gasteiger partial charge in [-0.05, 0) is 37.8 Å². The van der Waals surface area contributed by atoms with Crippen LogP contribution in [0, 0.1) is 17.7 Å². The number of hydrogen-bond donors (Lipinski definition) is 0. The molecular weight excluding hydrogens is 377 g/mol. The van der Waals surface area contributed by atoms with Gasteiger partial charge < -0.3 is 9.64 Å². The molecule has 0 bridgehead atoms. The van der Waals surface area contributed by atoms with Crippen molar-refractivity contribution >= 4 is 17.7 Å². The van der Waals surface area contributed by atoms with Gasteiger partial charge in [0.05, 0.1) is 18.4 Å². The Labute approximate surface area is 169 Å². The molecule has 0 radical (unpaired) electrons. The number of imide groups is 1. The number of carbonyl (C=O) groups is 3. The molecule has 1 aromatic heterocycles. The van der Waals surface area contributed by atoms with Crippen LogP contribution in [0.5, 0.6) is 5.88 Å². The highest BCUT2D eigenvalue weighted by Crippen LogP contribution is 2.38. The molecule has 3 fully saturated rings. The number of halogens is 1. The van der Waals surface area contributed by atoms with E-state index in [2.05, 4.69) is 4.98 Å². The van der Waals surface area contributed by atoms with E-state index in [1.165, 1.54) is 23.2 Å². The second-order valence-electron chi connectivity index (χ2n) is 8.09. The molecule has 3 atom stereocenters. The minimum Gasteiger partial charge on any atom is -0.470 e. The van der Waals surface area contributed by atoms with Crippen molar-refractivity contribution in [2.75, 3.05) is 19.6 Å². The van der Waals surface area contributed by atoms with E-state index < -0.39 is 5.82 Å². The molecule has 0 N–H and O–H groups in total. The zero-order valence-electron chi connectivity index (χ0n) is 16.4. The number of amides is 3. The first kappa shape index (κ1) is 19.8. The predicted octanol–water partition coefficient (Wildman–Crippen LogP) is 2.16.